The number of hydrogen-bond donors (Lipinski definition) is 1. The van der Waals surface area contributed by atoms with Gasteiger partial charge in [-0.15, -0.1) is 0 Å². The van der Waals surface area contributed by atoms with E-state index in [4.69, 9.17) is 0 Å². The van der Waals surface area contributed by atoms with Crippen LogP contribution >= 0.6 is 0 Å². The van der Waals surface area contributed by atoms with Gasteiger partial charge >= 0.3 is 0 Å². The Kier molecular flexibility index (Phi) is 2.34. The molecule has 0 saturated heterocycles. The molecule has 2 atom stereocenters. The van der Waals surface area contributed by atoms with Crippen LogP contribution in [0.3, 0.4) is 0 Å². The van der Waals surface area contributed by atoms with Gasteiger partial charge in [-0.3, -0.25) is 4.90 Å². The number of nitrogens with zero attached hydrogens (tertiary/aromatic N) is 2. The van der Waals surface area contributed by atoms with Crippen molar-refractivity contribution in [2.45, 2.75) is 12.6 Å². The van der Waals surface area contributed by atoms with Gasteiger partial charge in [-0.2, -0.15) is 0 Å². The molecule has 0 aliphatic carbocycles. The van der Waals surface area contributed by atoms with Gasteiger partial charge in [0.05, 0.1) is 18.2 Å². The lowest BCUT2D eigenvalue weighted by atomic mass is 9.86. The Labute approximate surface area is 112 Å². The van der Waals surface area contributed by atoms with E-state index in [1.54, 1.807) is 0 Å². The van der Waals surface area contributed by atoms with E-state index in [9.17, 15) is 5.11 Å². The van der Waals surface area contributed by atoms with Crippen LogP contribution in [0.5, 0.6) is 0 Å². The van der Waals surface area contributed by atoms with Gasteiger partial charge < -0.3 is 9.67 Å². The third kappa shape index (κ3) is 1.52. The van der Waals surface area contributed by atoms with Crippen molar-refractivity contribution in [3.05, 3.63) is 42.1 Å². The average Bonchev–Trinajstić information content (AvgIpc) is 2.85. The number of rotatable bonds is 1. The summed E-state index contributed by atoms with van der Waals surface area (Å²) in [5.41, 5.74) is 4.07. The standard InChI is InChI=1S/C16H18N2O/c1-17-8-11(10-19)7-14-13-4-2-3-12-5-6-18(16(12)13)9-15(14)17/h2-7,11,15,19H,8-10H2,1H3/t11-,15-/m1/s1. The molecule has 0 fully saturated rings. The van der Waals surface area contributed by atoms with Gasteiger partial charge in [0.25, 0.3) is 0 Å². The van der Waals surface area contributed by atoms with Gasteiger partial charge in [0.1, 0.15) is 0 Å². The lowest BCUT2D eigenvalue weighted by Crippen LogP contribution is -2.44. The second-order valence-corrected chi connectivity index (χ2v) is 5.73. The van der Waals surface area contributed by atoms with Crippen LogP contribution in [0.1, 0.15) is 5.56 Å². The van der Waals surface area contributed by atoms with Gasteiger partial charge in [-0.1, -0.05) is 24.3 Å². The van der Waals surface area contributed by atoms with Crippen LogP contribution in [0.2, 0.25) is 0 Å². The molecule has 98 valence electrons. The first kappa shape index (κ1) is 11.3. The largest absolute Gasteiger partial charge is 0.396 e. The van der Waals surface area contributed by atoms with E-state index in [1.807, 2.05) is 0 Å². The molecule has 0 amide bonds. The lowest BCUT2D eigenvalue weighted by Gasteiger charge is -2.40. The monoisotopic (exact) mass is 254 g/mol. The number of aliphatic hydroxyl groups excluding tert-OH is 1. The molecule has 0 saturated carbocycles. The number of para-hydroxylation sites is 1. The predicted octanol–water partition coefficient (Wildman–Crippen LogP) is 1.96. The molecule has 0 spiro atoms. The summed E-state index contributed by atoms with van der Waals surface area (Å²) in [5.74, 6) is 0.257. The maximum absolute atomic E-state index is 9.47. The van der Waals surface area contributed by atoms with Crippen LogP contribution in [0, 0.1) is 5.92 Å². The van der Waals surface area contributed by atoms with Crippen LogP contribution < -0.4 is 0 Å². The number of fused-ring (bicyclic) bond motifs is 2. The second kappa shape index (κ2) is 3.95. The van der Waals surface area contributed by atoms with Crippen LogP contribution in [-0.2, 0) is 6.54 Å². The van der Waals surface area contributed by atoms with Crippen LogP contribution in [0.25, 0.3) is 16.5 Å². The van der Waals surface area contributed by atoms with Crippen molar-refractivity contribution in [2.24, 2.45) is 5.92 Å². The molecule has 2 aliphatic heterocycles. The Hall–Kier alpha value is -1.58. The Morgan fingerprint density at radius 1 is 1.26 bits per heavy atom. The van der Waals surface area contributed by atoms with E-state index in [2.05, 4.69) is 53.1 Å². The highest BCUT2D eigenvalue weighted by molar-refractivity contribution is 5.94. The van der Waals surface area contributed by atoms with Gasteiger partial charge in [0.2, 0.25) is 0 Å². The molecule has 19 heavy (non-hydrogen) atoms. The van der Waals surface area contributed by atoms with E-state index in [-0.39, 0.29) is 12.5 Å². The van der Waals surface area contributed by atoms with Crippen molar-refractivity contribution in [3.63, 3.8) is 0 Å². The molecular weight excluding hydrogens is 236 g/mol. The van der Waals surface area contributed by atoms with Gasteiger partial charge in [-0.05, 0) is 18.7 Å². The van der Waals surface area contributed by atoms with Crippen molar-refractivity contribution in [1.82, 2.24) is 9.47 Å². The minimum atomic E-state index is 0.234. The highest BCUT2D eigenvalue weighted by Gasteiger charge is 2.32. The normalized spacial score (nSPS) is 26.3. The molecule has 0 radical (unpaired) electrons. The van der Waals surface area contributed by atoms with Crippen molar-refractivity contribution in [3.8, 4) is 0 Å². The number of aromatic nitrogens is 1. The lowest BCUT2D eigenvalue weighted by molar-refractivity contribution is 0.174. The number of hydrogen-bond acceptors (Lipinski definition) is 2. The molecule has 4 rings (SSSR count). The predicted molar refractivity (Wildman–Crippen MR) is 76.9 cm³/mol. The highest BCUT2D eigenvalue weighted by atomic mass is 16.3. The summed E-state index contributed by atoms with van der Waals surface area (Å²) in [4.78, 5) is 2.37. The quantitative estimate of drug-likeness (QED) is 0.842. The molecule has 1 N–H and O–H groups in total. The molecule has 0 unspecified atom stereocenters. The molecule has 3 heterocycles. The Bertz CT molecular complexity index is 670. The van der Waals surface area contributed by atoms with E-state index >= 15 is 0 Å². The van der Waals surface area contributed by atoms with E-state index in [0.29, 0.717) is 6.04 Å². The summed E-state index contributed by atoms with van der Waals surface area (Å²) < 4.78 is 2.36. The van der Waals surface area contributed by atoms with Crippen LogP contribution in [-0.4, -0.2) is 40.8 Å². The summed E-state index contributed by atoms with van der Waals surface area (Å²) in [6.45, 7) is 2.19. The van der Waals surface area contributed by atoms with Gasteiger partial charge in [-0.25, -0.2) is 0 Å². The summed E-state index contributed by atoms with van der Waals surface area (Å²) >= 11 is 0. The van der Waals surface area contributed by atoms with Crippen molar-refractivity contribution in [1.29, 1.82) is 0 Å². The zero-order valence-corrected chi connectivity index (χ0v) is 11.1. The van der Waals surface area contributed by atoms with Crippen molar-refractivity contribution < 1.29 is 5.11 Å². The Morgan fingerprint density at radius 3 is 3.00 bits per heavy atom. The minimum absolute atomic E-state index is 0.234. The molecular formula is C16H18N2O. The fraction of sp³-hybridized carbons (Fsp3) is 0.375. The number of benzene rings is 1. The molecule has 1 aromatic carbocycles. The SMILES string of the molecule is CN1C[C@H](CO)C=C2c3cccc4ccn(c34)C[C@H]21. The van der Waals surface area contributed by atoms with E-state index in [0.717, 1.165) is 13.1 Å². The van der Waals surface area contributed by atoms with Crippen molar-refractivity contribution >= 4 is 16.5 Å². The summed E-state index contributed by atoms with van der Waals surface area (Å²) in [5, 5.41) is 10.8. The van der Waals surface area contributed by atoms with E-state index in [1.165, 1.54) is 22.0 Å². The molecule has 0 bridgehead atoms. The van der Waals surface area contributed by atoms with E-state index < -0.39 is 0 Å². The maximum atomic E-state index is 9.47. The number of likely N-dealkylation sites (N-methyl/N-ethyl adjacent to an activating group) is 1. The third-order valence-corrected chi connectivity index (χ3v) is 4.53. The van der Waals surface area contributed by atoms with Gasteiger partial charge in [0, 0.05) is 36.2 Å². The maximum Gasteiger partial charge on any atom is 0.0557 e. The zero-order valence-electron chi connectivity index (χ0n) is 11.1. The smallest absolute Gasteiger partial charge is 0.0557 e. The third-order valence-electron chi connectivity index (χ3n) is 4.53. The summed E-state index contributed by atoms with van der Waals surface area (Å²) in [6.07, 6.45) is 4.48. The van der Waals surface area contributed by atoms with Crippen LogP contribution in [0.4, 0.5) is 0 Å². The first-order chi connectivity index (χ1) is 9.28. The molecule has 1 aromatic heterocycles. The first-order valence-corrected chi connectivity index (χ1v) is 6.89. The average molecular weight is 254 g/mol. The molecule has 3 nitrogen and oxygen atoms in total. The fourth-order valence-corrected chi connectivity index (χ4v) is 3.60. The fourth-order valence-electron chi connectivity index (χ4n) is 3.60. The second-order valence-electron chi connectivity index (χ2n) is 5.73. The minimum Gasteiger partial charge on any atom is -0.396 e. The summed E-state index contributed by atoms with van der Waals surface area (Å²) in [6, 6.07) is 9.15. The Balaban J connectivity index is 1.97. The summed E-state index contributed by atoms with van der Waals surface area (Å²) in [7, 11) is 2.16. The zero-order chi connectivity index (χ0) is 13.0. The molecule has 3 heteroatoms. The topological polar surface area (TPSA) is 28.4 Å². The first-order valence-electron chi connectivity index (χ1n) is 6.89. The molecule has 2 aromatic rings. The highest BCUT2D eigenvalue weighted by Crippen LogP contribution is 2.38. The molecule has 2 aliphatic rings. The van der Waals surface area contributed by atoms with Gasteiger partial charge in [0.15, 0.2) is 0 Å². The number of aliphatic hydroxyl groups is 1. The van der Waals surface area contributed by atoms with Crippen LogP contribution in [0.15, 0.2) is 36.5 Å². The Morgan fingerprint density at radius 2 is 2.16 bits per heavy atom. The van der Waals surface area contributed by atoms with Crippen molar-refractivity contribution in [2.75, 3.05) is 20.2 Å².